The van der Waals surface area contributed by atoms with E-state index in [2.05, 4.69) is 20.9 Å². The number of phenols is 1. The van der Waals surface area contributed by atoms with Crippen LogP contribution in [0.5, 0.6) is 5.75 Å². The van der Waals surface area contributed by atoms with E-state index in [1.165, 1.54) is 24.4 Å². The smallest absolute Gasteiger partial charge is 0.270 e. The highest BCUT2D eigenvalue weighted by atomic mass is 79.9. The highest BCUT2D eigenvalue weighted by Gasteiger charge is 2.08. The molecule has 0 atom stereocenters. The van der Waals surface area contributed by atoms with Gasteiger partial charge in [-0.2, -0.15) is 0 Å². The largest absolute Gasteiger partial charge is 0.507 e. The Bertz CT molecular complexity index is 699. The molecule has 0 amide bonds. The molecule has 0 aromatic heterocycles. The van der Waals surface area contributed by atoms with Crippen LogP contribution in [-0.2, 0) is 0 Å². The fraction of sp³-hybridized carbons (Fsp3) is 0.0714. The minimum atomic E-state index is -0.513. The maximum Gasteiger partial charge on any atom is 0.270 e. The Hall–Kier alpha value is -2.21. The highest BCUT2D eigenvalue weighted by Crippen LogP contribution is 2.24. The molecule has 2 aromatic rings. The third-order valence-corrected chi connectivity index (χ3v) is 3.61. The van der Waals surface area contributed by atoms with E-state index in [9.17, 15) is 15.2 Å². The zero-order valence-electron chi connectivity index (χ0n) is 10.6. The number of halogens is 1. The van der Waals surface area contributed by atoms with Crippen molar-refractivity contribution in [1.82, 2.24) is 0 Å². The van der Waals surface area contributed by atoms with Crippen LogP contribution >= 0.6 is 15.9 Å². The molecule has 0 saturated carbocycles. The van der Waals surface area contributed by atoms with E-state index in [1.54, 1.807) is 0 Å². The van der Waals surface area contributed by atoms with Crippen LogP contribution in [0.3, 0.4) is 0 Å². The van der Waals surface area contributed by atoms with Crippen molar-refractivity contribution in [3.63, 3.8) is 0 Å². The second-order valence-electron chi connectivity index (χ2n) is 4.19. The summed E-state index contributed by atoms with van der Waals surface area (Å²) in [5.41, 5.74) is 1.95. The molecule has 6 heteroatoms. The van der Waals surface area contributed by atoms with Crippen molar-refractivity contribution in [1.29, 1.82) is 0 Å². The molecular weight excluding hydrogens is 324 g/mol. The molecule has 1 N–H and O–H groups in total. The third kappa shape index (κ3) is 3.21. The number of nitro benzene ring substituents is 1. The molecule has 0 aliphatic carbocycles. The van der Waals surface area contributed by atoms with Crippen LogP contribution in [0.15, 0.2) is 45.9 Å². The van der Waals surface area contributed by atoms with Crippen LogP contribution in [-0.4, -0.2) is 16.2 Å². The van der Waals surface area contributed by atoms with Gasteiger partial charge in [0.05, 0.1) is 10.6 Å². The number of nitrogens with zero attached hydrogens (tertiary/aromatic N) is 2. The second kappa shape index (κ2) is 5.83. The standard InChI is InChI=1S/C14H11BrN2O3/c1-9-6-11(2-4-13(9)15)16-8-10-7-12(17(19)20)3-5-14(10)18/h2-8,18H,1H3. The monoisotopic (exact) mass is 334 g/mol. The summed E-state index contributed by atoms with van der Waals surface area (Å²) in [7, 11) is 0. The molecule has 5 nitrogen and oxygen atoms in total. The van der Waals surface area contributed by atoms with Crippen LogP contribution in [0, 0.1) is 17.0 Å². The first-order valence-corrected chi connectivity index (χ1v) is 6.54. The van der Waals surface area contributed by atoms with Gasteiger partial charge in [0.1, 0.15) is 5.75 Å². The van der Waals surface area contributed by atoms with Gasteiger partial charge in [-0.05, 0) is 36.8 Å². The van der Waals surface area contributed by atoms with Crippen LogP contribution in [0.25, 0.3) is 0 Å². The van der Waals surface area contributed by atoms with Gasteiger partial charge in [0.25, 0.3) is 5.69 Å². The number of phenolic OH excluding ortho intramolecular Hbond substituents is 1. The first-order chi connectivity index (χ1) is 9.47. The maximum absolute atomic E-state index is 10.7. The van der Waals surface area contributed by atoms with Crippen molar-refractivity contribution in [3.05, 3.63) is 62.1 Å². The first-order valence-electron chi connectivity index (χ1n) is 5.75. The van der Waals surface area contributed by atoms with Gasteiger partial charge in [-0.15, -0.1) is 0 Å². The number of aliphatic imine (C=N–C) groups is 1. The molecule has 0 aliphatic rings. The number of hydrogen-bond acceptors (Lipinski definition) is 4. The second-order valence-corrected chi connectivity index (χ2v) is 5.05. The normalized spacial score (nSPS) is 10.9. The lowest BCUT2D eigenvalue weighted by Crippen LogP contribution is -1.90. The van der Waals surface area contributed by atoms with Crippen molar-refractivity contribution < 1.29 is 10.0 Å². The minimum Gasteiger partial charge on any atom is -0.507 e. The van der Waals surface area contributed by atoms with E-state index >= 15 is 0 Å². The summed E-state index contributed by atoms with van der Waals surface area (Å²) >= 11 is 3.40. The topological polar surface area (TPSA) is 75.7 Å². The fourth-order valence-electron chi connectivity index (χ4n) is 1.61. The molecule has 0 bridgehead atoms. The summed E-state index contributed by atoms with van der Waals surface area (Å²) in [5.74, 6) is -0.0480. The van der Waals surface area contributed by atoms with Crippen molar-refractivity contribution >= 4 is 33.5 Å². The quantitative estimate of drug-likeness (QED) is 0.521. The van der Waals surface area contributed by atoms with Crippen LogP contribution in [0.1, 0.15) is 11.1 Å². The molecule has 20 heavy (non-hydrogen) atoms. The van der Waals surface area contributed by atoms with Gasteiger partial charge in [0.2, 0.25) is 0 Å². The predicted octanol–water partition coefficient (Wildman–Crippen LogP) is 4.12. The Morgan fingerprint density at radius 2 is 2.05 bits per heavy atom. The zero-order valence-corrected chi connectivity index (χ0v) is 12.2. The molecule has 2 rings (SSSR count). The van der Waals surface area contributed by atoms with E-state index in [1.807, 2.05) is 25.1 Å². The number of rotatable bonds is 3. The Balaban J connectivity index is 2.33. The van der Waals surface area contributed by atoms with Gasteiger partial charge in [0, 0.05) is 28.4 Å². The summed E-state index contributed by atoms with van der Waals surface area (Å²) in [6.45, 7) is 1.94. The summed E-state index contributed by atoms with van der Waals surface area (Å²) < 4.78 is 0.981. The number of non-ortho nitro benzene ring substituents is 1. The van der Waals surface area contributed by atoms with Crippen molar-refractivity contribution in [3.8, 4) is 5.75 Å². The van der Waals surface area contributed by atoms with Gasteiger partial charge >= 0.3 is 0 Å². The van der Waals surface area contributed by atoms with Crippen molar-refractivity contribution in [2.45, 2.75) is 6.92 Å². The summed E-state index contributed by atoms with van der Waals surface area (Å²) in [6.07, 6.45) is 1.41. The molecule has 0 heterocycles. The molecule has 0 saturated heterocycles. The van der Waals surface area contributed by atoms with E-state index in [-0.39, 0.29) is 11.4 Å². The SMILES string of the molecule is Cc1cc(N=Cc2cc([N+](=O)[O-])ccc2O)ccc1Br. The average molecular weight is 335 g/mol. The number of hydrogen-bond donors (Lipinski definition) is 1. The number of aromatic hydroxyl groups is 1. The van der Waals surface area contributed by atoms with Gasteiger partial charge in [-0.25, -0.2) is 0 Å². The van der Waals surface area contributed by atoms with E-state index < -0.39 is 4.92 Å². The maximum atomic E-state index is 10.7. The van der Waals surface area contributed by atoms with Crippen molar-refractivity contribution in [2.24, 2.45) is 4.99 Å². The highest BCUT2D eigenvalue weighted by molar-refractivity contribution is 9.10. The van der Waals surface area contributed by atoms with Gasteiger partial charge in [-0.3, -0.25) is 15.1 Å². The Morgan fingerprint density at radius 3 is 2.70 bits per heavy atom. The summed E-state index contributed by atoms with van der Waals surface area (Å²) in [4.78, 5) is 14.4. The van der Waals surface area contributed by atoms with Crippen LogP contribution < -0.4 is 0 Å². The Kier molecular flexibility index (Phi) is 4.14. The van der Waals surface area contributed by atoms with E-state index in [0.29, 0.717) is 11.3 Å². The van der Waals surface area contributed by atoms with Gasteiger partial charge in [-0.1, -0.05) is 15.9 Å². The molecule has 0 radical (unpaired) electrons. The molecule has 0 unspecified atom stereocenters. The first kappa shape index (κ1) is 14.2. The predicted molar refractivity (Wildman–Crippen MR) is 80.9 cm³/mol. The lowest BCUT2D eigenvalue weighted by Gasteiger charge is -2.01. The Morgan fingerprint density at radius 1 is 1.30 bits per heavy atom. The molecule has 0 fully saturated rings. The number of aryl methyl sites for hydroxylation is 1. The lowest BCUT2D eigenvalue weighted by molar-refractivity contribution is -0.384. The van der Waals surface area contributed by atoms with Crippen LogP contribution in [0.2, 0.25) is 0 Å². The number of nitro groups is 1. The summed E-state index contributed by atoms with van der Waals surface area (Å²) in [5, 5.41) is 20.4. The number of benzene rings is 2. The summed E-state index contributed by atoms with van der Waals surface area (Å²) in [6, 6.07) is 9.36. The van der Waals surface area contributed by atoms with E-state index in [0.717, 1.165) is 10.0 Å². The molecule has 0 aliphatic heterocycles. The molecule has 102 valence electrons. The Labute approximate surface area is 123 Å². The molecule has 0 spiro atoms. The average Bonchev–Trinajstić information content (AvgIpc) is 2.41. The zero-order chi connectivity index (χ0) is 14.7. The third-order valence-electron chi connectivity index (χ3n) is 2.72. The lowest BCUT2D eigenvalue weighted by atomic mass is 10.2. The van der Waals surface area contributed by atoms with Crippen molar-refractivity contribution in [2.75, 3.05) is 0 Å². The van der Waals surface area contributed by atoms with E-state index in [4.69, 9.17) is 0 Å². The van der Waals surface area contributed by atoms with Gasteiger partial charge in [0.15, 0.2) is 0 Å². The molecule has 2 aromatic carbocycles. The fourth-order valence-corrected chi connectivity index (χ4v) is 1.86. The minimum absolute atomic E-state index is 0.0480. The van der Waals surface area contributed by atoms with Crippen LogP contribution in [0.4, 0.5) is 11.4 Å². The van der Waals surface area contributed by atoms with Gasteiger partial charge < -0.3 is 5.11 Å². The molecular formula is C14H11BrN2O3.